The van der Waals surface area contributed by atoms with Crippen LogP contribution >= 0.6 is 11.6 Å². The van der Waals surface area contributed by atoms with Gasteiger partial charge in [0.15, 0.2) is 0 Å². The predicted octanol–water partition coefficient (Wildman–Crippen LogP) is 5.49. The van der Waals surface area contributed by atoms with Gasteiger partial charge in [-0.05, 0) is 61.3 Å². The van der Waals surface area contributed by atoms with Crippen LogP contribution in [0.1, 0.15) is 77.0 Å². The number of benzene rings is 2. The van der Waals surface area contributed by atoms with E-state index in [1.807, 2.05) is 68.4 Å². The molecule has 0 bridgehead atoms. The zero-order valence-electron chi connectivity index (χ0n) is 24.3. The zero-order valence-corrected chi connectivity index (χ0v) is 25.1. The molecule has 222 valence electrons. The van der Waals surface area contributed by atoms with E-state index in [0.29, 0.717) is 43.5 Å². The van der Waals surface area contributed by atoms with Crippen molar-refractivity contribution in [2.45, 2.75) is 83.4 Å². The van der Waals surface area contributed by atoms with Gasteiger partial charge in [0.05, 0.1) is 6.04 Å². The van der Waals surface area contributed by atoms with Crippen molar-refractivity contribution in [2.24, 2.45) is 11.8 Å². The van der Waals surface area contributed by atoms with Crippen LogP contribution in [0.4, 0.5) is 4.79 Å². The van der Waals surface area contributed by atoms with E-state index >= 15 is 0 Å². The molecule has 9 heteroatoms. The van der Waals surface area contributed by atoms with Crippen LogP contribution in [-0.2, 0) is 24.5 Å². The monoisotopic (exact) mass is 583 g/mol. The molecule has 1 unspecified atom stereocenters. The Morgan fingerprint density at radius 1 is 1.10 bits per heavy atom. The standard InChI is InChI=1S/C32H42ClN3O5/c1-5-32(6-2,24-13-10-14-25(33)19-24)28(22-11-8-7-9-12-22)41-31(40)36-27(17-21(3)4)30(39)35-26(20-37)18-23-15-16-34-29(23)38/h7-14,19-21,23,26-28H,5-6,15-18H2,1-4H3,(H,34,38)(H,35,39)(H,36,40)/t23-,26-,27-,28?/m0/s1. The van der Waals surface area contributed by atoms with Crippen LogP contribution in [0.2, 0.25) is 5.02 Å². The Hall–Kier alpha value is -3.39. The molecule has 0 spiro atoms. The maximum Gasteiger partial charge on any atom is 0.408 e. The van der Waals surface area contributed by atoms with Crippen molar-refractivity contribution >= 4 is 35.8 Å². The van der Waals surface area contributed by atoms with Gasteiger partial charge in [0.1, 0.15) is 18.4 Å². The number of carbonyl (C=O) groups excluding carboxylic acids is 4. The van der Waals surface area contributed by atoms with Crippen LogP contribution in [-0.4, -0.2) is 42.8 Å². The summed E-state index contributed by atoms with van der Waals surface area (Å²) >= 11 is 6.38. The SMILES string of the molecule is CCC(CC)(c1cccc(Cl)c1)C(OC(=O)N[C@@H](CC(C)C)C(=O)N[C@H](C=O)C[C@@H]1CCNC1=O)c1ccccc1. The minimum Gasteiger partial charge on any atom is -0.440 e. The van der Waals surface area contributed by atoms with Crippen LogP contribution in [0.15, 0.2) is 54.6 Å². The van der Waals surface area contributed by atoms with Gasteiger partial charge < -0.3 is 25.5 Å². The number of amides is 3. The van der Waals surface area contributed by atoms with Crippen molar-refractivity contribution in [3.05, 3.63) is 70.7 Å². The fourth-order valence-electron chi connectivity index (χ4n) is 5.70. The van der Waals surface area contributed by atoms with Gasteiger partial charge in [0.25, 0.3) is 0 Å². The highest BCUT2D eigenvalue weighted by atomic mass is 35.5. The first-order valence-electron chi connectivity index (χ1n) is 14.4. The Morgan fingerprint density at radius 2 is 1.80 bits per heavy atom. The van der Waals surface area contributed by atoms with E-state index in [-0.39, 0.29) is 24.2 Å². The second-order valence-electron chi connectivity index (χ2n) is 11.2. The molecule has 2 aromatic rings. The molecule has 1 aliphatic heterocycles. The van der Waals surface area contributed by atoms with E-state index in [0.717, 1.165) is 11.1 Å². The fraction of sp³-hybridized carbons (Fsp3) is 0.500. The Balaban J connectivity index is 1.84. The Kier molecular flexibility index (Phi) is 11.8. The quantitative estimate of drug-likeness (QED) is 0.255. The topological polar surface area (TPSA) is 114 Å². The number of rotatable bonds is 14. The average molecular weight is 584 g/mol. The number of halogens is 1. The van der Waals surface area contributed by atoms with Crippen LogP contribution in [0.3, 0.4) is 0 Å². The molecule has 41 heavy (non-hydrogen) atoms. The summed E-state index contributed by atoms with van der Waals surface area (Å²) in [6, 6.07) is 15.4. The third kappa shape index (κ3) is 8.32. The van der Waals surface area contributed by atoms with Crippen molar-refractivity contribution in [3.63, 3.8) is 0 Å². The summed E-state index contributed by atoms with van der Waals surface area (Å²) in [5.41, 5.74) is 1.20. The minimum absolute atomic E-state index is 0.0723. The number of hydrogen-bond acceptors (Lipinski definition) is 5. The van der Waals surface area contributed by atoms with Gasteiger partial charge in [0, 0.05) is 22.9 Å². The first-order valence-corrected chi connectivity index (χ1v) is 14.8. The molecule has 3 amide bonds. The molecular formula is C32H42ClN3O5. The summed E-state index contributed by atoms with van der Waals surface area (Å²) in [7, 11) is 0. The first kappa shape index (κ1) is 32.1. The maximum atomic E-state index is 13.5. The molecular weight excluding hydrogens is 542 g/mol. The summed E-state index contributed by atoms with van der Waals surface area (Å²) in [5.74, 6) is -0.868. The Labute approximate surface area is 247 Å². The molecule has 1 aliphatic rings. The molecule has 3 rings (SSSR count). The summed E-state index contributed by atoms with van der Waals surface area (Å²) < 4.78 is 6.20. The molecule has 0 radical (unpaired) electrons. The molecule has 0 aliphatic carbocycles. The summed E-state index contributed by atoms with van der Waals surface area (Å²) in [5, 5.41) is 8.83. The molecule has 4 atom stereocenters. The molecule has 0 saturated carbocycles. The largest absolute Gasteiger partial charge is 0.440 e. The van der Waals surface area contributed by atoms with Crippen molar-refractivity contribution in [2.75, 3.05) is 6.54 Å². The number of nitrogens with one attached hydrogen (secondary N) is 3. The van der Waals surface area contributed by atoms with Gasteiger partial charge in [0.2, 0.25) is 11.8 Å². The summed E-state index contributed by atoms with van der Waals surface area (Å²) in [6.45, 7) is 8.56. The number of ether oxygens (including phenoxy) is 1. The van der Waals surface area contributed by atoms with Crippen LogP contribution in [0, 0.1) is 11.8 Å². The highest BCUT2D eigenvalue weighted by molar-refractivity contribution is 6.30. The summed E-state index contributed by atoms with van der Waals surface area (Å²) in [4.78, 5) is 50.6. The van der Waals surface area contributed by atoms with Gasteiger partial charge in [-0.3, -0.25) is 9.59 Å². The van der Waals surface area contributed by atoms with Gasteiger partial charge in [-0.2, -0.15) is 0 Å². The number of carbonyl (C=O) groups is 4. The van der Waals surface area contributed by atoms with E-state index in [4.69, 9.17) is 16.3 Å². The Bertz CT molecular complexity index is 1180. The van der Waals surface area contributed by atoms with Crippen LogP contribution in [0.5, 0.6) is 0 Å². The third-order valence-corrected chi connectivity index (χ3v) is 8.23. The molecule has 3 N–H and O–H groups in total. The molecule has 8 nitrogen and oxygen atoms in total. The number of aldehydes is 1. The van der Waals surface area contributed by atoms with Gasteiger partial charge in [-0.15, -0.1) is 0 Å². The van der Waals surface area contributed by atoms with E-state index in [2.05, 4.69) is 29.8 Å². The lowest BCUT2D eigenvalue weighted by Crippen LogP contribution is -2.51. The minimum atomic E-state index is -0.928. The smallest absolute Gasteiger partial charge is 0.408 e. The molecule has 0 aromatic heterocycles. The second kappa shape index (κ2) is 15.0. The van der Waals surface area contributed by atoms with E-state index in [9.17, 15) is 19.2 Å². The van der Waals surface area contributed by atoms with Crippen molar-refractivity contribution in [3.8, 4) is 0 Å². The van der Waals surface area contributed by atoms with E-state index in [1.165, 1.54) is 0 Å². The van der Waals surface area contributed by atoms with Crippen molar-refractivity contribution < 1.29 is 23.9 Å². The van der Waals surface area contributed by atoms with Gasteiger partial charge >= 0.3 is 6.09 Å². The molecule has 1 saturated heterocycles. The highest BCUT2D eigenvalue weighted by Gasteiger charge is 2.42. The highest BCUT2D eigenvalue weighted by Crippen LogP contribution is 2.46. The number of alkyl carbamates (subject to hydrolysis) is 1. The summed E-state index contributed by atoms with van der Waals surface area (Å²) in [6.07, 6.45) is 1.75. The fourth-order valence-corrected chi connectivity index (χ4v) is 5.89. The van der Waals surface area contributed by atoms with Gasteiger partial charge in [-0.25, -0.2) is 4.79 Å². The third-order valence-electron chi connectivity index (χ3n) is 8.00. The predicted molar refractivity (Wildman–Crippen MR) is 159 cm³/mol. The van der Waals surface area contributed by atoms with E-state index in [1.54, 1.807) is 0 Å². The normalized spacial score (nSPS) is 17.3. The lowest BCUT2D eigenvalue weighted by atomic mass is 9.69. The maximum absolute atomic E-state index is 13.5. The lowest BCUT2D eigenvalue weighted by molar-refractivity contribution is -0.127. The Morgan fingerprint density at radius 3 is 2.37 bits per heavy atom. The van der Waals surface area contributed by atoms with Crippen molar-refractivity contribution in [1.82, 2.24) is 16.0 Å². The zero-order chi connectivity index (χ0) is 30.0. The molecule has 1 heterocycles. The van der Waals surface area contributed by atoms with Crippen molar-refractivity contribution in [1.29, 1.82) is 0 Å². The second-order valence-corrected chi connectivity index (χ2v) is 11.6. The van der Waals surface area contributed by atoms with E-state index < -0.39 is 35.6 Å². The molecule has 2 aromatic carbocycles. The van der Waals surface area contributed by atoms with Gasteiger partial charge in [-0.1, -0.05) is 81.8 Å². The average Bonchev–Trinajstić information content (AvgIpc) is 3.36. The molecule has 1 fully saturated rings. The lowest BCUT2D eigenvalue weighted by Gasteiger charge is -2.40. The van der Waals surface area contributed by atoms with Crippen LogP contribution in [0.25, 0.3) is 0 Å². The first-order chi connectivity index (χ1) is 19.6. The van der Waals surface area contributed by atoms with Crippen LogP contribution < -0.4 is 16.0 Å². The number of hydrogen-bond donors (Lipinski definition) is 3.